The second-order valence-corrected chi connectivity index (χ2v) is 8.66. The van der Waals surface area contributed by atoms with Gasteiger partial charge in [-0.1, -0.05) is 51.1 Å². The van der Waals surface area contributed by atoms with Crippen molar-refractivity contribution < 1.29 is 0 Å². The maximum atomic E-state index is 3.71. The normalized spacial score (nSPS) is 13.4. The predicted octanol–water partition coefficient (Wildman–Crippen LogP) is 5.78. The van der Waals surface area contributed by atoms with E-state index in [1.54, 1.807) is 11.3 Å². The van der Waals surface area contributed by atoms with Gasteiger partial charge in [-0.25, -0.2) is 0 Å². The average molecular weight is 352 g/mol. The summed E-state index contributed by atoms with van der Waals surface area (Å²) < 4.78 is 1.20. The Hall–Kier alpha value is -0.640. The fraction of sp³-hybridized carbons (Fsp3) is 0.412. The zero-order chi connectivity index (χ0) is 14.6. The van der Waals surface area contributed by atoms with Crippen LogP contribution in [-0.2, 0) is 6.54 Å². The largest absolute Gasteiger partial charge is 0.306 e. The molecule has 1 unspecified atom stereocenters. The van der Waals surface area contributed by atoms with E-state index in [4.69, 9.17) is 0 Å². The molecule has 0 bridgehead atoms. The SMILES string of the molecule is CC(C)(C)CC(NCc1csc(Br)c1)c1ccccc1. The van der Waals surface area contributed by atoms with Crippen LogP contribution in [-0.4, -0.2) is 0 Å². The number of thiophene rings is 1. The molecule has 108 valence electrons. The Kier molecular flexibility index (Phi) is 5.42. The predicted molar refractivity (Wildman–Crippen MR) is 92.1 cm³/mol. The highest BCUT2D eigenvalue weighted by Gasteiger charge is 2.19. The third-order valence-electron chi connectivity index (χ3n) is 3.19. The number of hydrogen-bond acceptors (Lipinski definition) is 2. The van der Waals surface area contributed by atoms with Crippen LogP contribution in [0.5, 0.6) is 0 Å². The number of rotatable bonds is 5. The minimum absolute atomic E-state index is 0.308. The van der Waals surface area contributed by atoms with E-state index in [1.165, 1.54) is 14.9 Å². The van der Waals surface area contributed by atoms with Gasteiger partial charge in [0.1, 0.15) is 0 Å². The first-order valence-electron chi connectivity index (χ1n) is 6.95. The number of hydrogen-bond donors (Lipinski definition) is 1. The maximum absolute atomic E-state index is 3.71. The molecule has 2 rings (SSSR count). The Morgan fingerprint density at radius 1 is 1.20 bits per heavy atom. The van der Waals surface area contributed by atoms with E-state index in [0.29, 0.717) is 11.5 Å². The standard InChI is InChI=1S/C17H22BrNS/c1-17(2,3)10-15(14-7-5-4-6-8-14)19-11-13-9-16(18)20-12-13/h4-9,12,15,19H,10-11H2,1-3H3. The van der Waals surface area contributed by atoms with Gasteiger partial charge in [-0.05, 0) is 50.3 Å². The first-order chi connectivity index (χ1) is 9.44. The highest BCUT2D eigenvalue weighted by atomic mass is 79.9. The van der Waals surface area contributed by atoms with Crippen molar-refractivity contribution in [2.24, 2.45) is 5.41 Å². The summed E-state index contributed by atoms with van der Waals surface area (Å²) in [5.41, 5.74) is 3.02. The quantitative estimate of drug-likeness (QED) is 0.719. The molecule has 0 amide bonds. The van der Waals surface area contributed by atoms with Crippen LogP contribution in [0.2, 0.25) is 0 Å². The van der Waals surface area contributed by atoms with Gasteiger partial charge >= 0.3 is 0 Å². The summed E-state index contributed by atoms with van der Waals surface area (Å²) in [4.78, 5) is 0. The smallest absolute Gasteiger partial charge is 0.0701 e. The minimum atomic E-state index is 0.308. The zero-order valence-corrected chi connectivity index (χ0v) is 14.7. The molecular formula is C17H22BrNS. The summed E-state index contributed by atoms with van der Waals surface area (Å²) in [5, 5.41) is 5.91. The van der Waals surface area contributed by atoms with Crippen LogP contribution in [0.15, 0.2) is 45.6 Å². The lowest BCUT2D eigenvalue weighted by atomic mass is 9.85. The number of halogens is 1. The summed E-state index contributed by atoms with van der Waals surface area (Å²) in [6, 6.07) is 13.3. The molecule has 0 saturated heterocycles. The molecule has 20 heavy (non-hydrogen) atoms. The Labute approximate surface area is 134 Å². The Morgan fingerprint density at radius 3 is 2.45 bits per heavy atom. The molecular weight excluding hydrogens is 330 g/mol. The van der Waals surface area contributed by atoms with Crippen molar-refractivity contribution >= 4 is 27.3 Å². The van der Waals surface area contributed by atoms with Gasteiger partial charge in [0.15, 0.2) is 0 Å². The van der Waals surface area contributed by atoms with Gasteiger partial charge in [0, 0.05) is 12.6 Å². The second kappa shape index (κ2) is 6.88. The molecule has 3 heteroatoms. The van der Waals surface area contributed by atoms with E-state index < -0.39 is 0 Å². The van der Waals surface area contributed by atoms with E-state index in [1.807, 2.05) is 0 Å². The molecule has 1 heterocycles. The fourth-order valence-corrected chi connectivity index (χ4v) is 3.49. The van der Waals surface area contributed by atoms with Gasteiger partial charge in [-0.2, -0.15) is 0 Å². The molecule has 1 N–H and O–H groups in total. The summed E-state index contributed by atoms with van der Waals surface area (Å²) >= 11 is 5.27. The molecule has 0 saturated carbocycles. The first kappa shape index (κ1) is 15.7. The zero-order valence-electron chi connectivity index (χ0n) is 12.3. The van der Waals surface area contributed by atoms with Crippen molar-refractivity contribution in [2.45, 2.75) is 39.8 Å². The van der Waals surface area contributed by atoms with Crippen LogP contribution < -0.4 is 5.32 Å². The lowest BCUT2D eigenvalue weighted by molar-refractivity contribution is 0.310. The fourth-order valence-electron chi connectivity index (χ4n) is 2.29. The highest BCUT2D eigenvalue weighted by Crippen LogP contribution is 2.30. The highest BCUT2D eigenvalue weighted by molar-refractivity contribution is 9.11. The van der Waals surface area contributed by atoms with E-state index in [2.05, 4.69) is 83.8 Å². The molecule has 0 radical (unpaired) electrons. The molecule has 0 aliphatic heterocycles. The van der Waals surface area contributed by atoms with Crippen LogP contribution in [0.4, 0.5) is 0 Å². The summed E-state index contributed by atoms with van der Waals surface area (Å²) in [5.74, 6) is 0. The van der Waals surface area contributed by atoms with E-state index in [0.717, 1.165) is 13.0 Å². The Morgan fingerprint density at radius 2 is 1.90 bits per heavy atom. The summed E-state index contributed by atoms with van der Waals surface area (Å²) in [6.07, 6.45) is 1.13. The molecule has 0 fully saturated rings. The van der Waals surface area contributed by atoms with Crippen LogP contribution in [0.3, 0.4) is 0 Å². The van der Waals surface area contributed by atoms with Gasteiger partial charge < -0.3 is 5.32 Å². The molecule has 0 aliphatic rings. The molecule has 1 aromatic carbocycles. The van der Waals surface area contributed by atoms with Crippen LogP contribution >= 0.6 is 27.3 Å². The van der Waals surface area contributed by atoms with Crippen LogP contribution in [0, 0.1) is 5.41 Å². The maximum Gasteiger partial charge on any atom is 0.0701 e. The van der Waals surface area contributed by atoms with Crippen molar-refractivity contribution in [3.63, 3.8) is 0 Å². The Balaban J connectivity index is 2.07. The van der Waals surface area contributed by atoms with Gasteiger partial charge in [-0.15, -0.1) is 11.3 Å². The van der Waals surface area contributed by atoms with E-state index in [9.17, 15) is 0 Å². The number of nitrogens with one attached hydrogen (secondary N) is 1. The third kappa shape index (κ3) is 5.04. The monoisotopic (exact) mass is 351 g/mol. The van der Waals surface area contributed by atoms with Gasteiger partial charge in [0.05, 0.1) is 3.79 Å². The van der Waals surface area contributed by atoms with Crippen molar-refractivity contribution in [1.82, 2.24) is 5.32 Å². The van der Waals surface area contributed by atoms with E-state index in [-0.39, 0.29) is 0 Å². The lowest BCUT2D eigenvalue weighted by Crippen LogP contribution is -2.25. The van der Waals surface area contributed by atoms with Gasteiger partial charge in [0.25, 0.3) is 0 Å². The van der Waals surface area contributed by atoms with Crippen molar-refractivity contribution in [3.8, 4) is 0 Å². The second-order valence-electron chi connectivity index (χ2n) is 6.37. The molecule has 0 spiro atoms. The van der Waals surface area contributed by atoms with Crippen molar-refractivity contribution in [2.75, 3.05) is 0 Å². The first-order valence-corrected chi connectivity index (χ1v) is 8.62. The van der Waals surface area contributed by atoms with Gasteiger partial charge in [-0.3, -0.25) is 0 Å². The molecule has 2 aromatic rings. The molecule has 1 aromatic heterocycles. The van der Waals surface area contributed by atoms with Crippen molar-refractivity contribution in [3.05, 3.63) is 56.7 Å². The minimum Gasteiger partial charge on any atom is -0.306 e. The van der Waals surface area contributed by atoms with Crippen LogP contribution in [0.1, 0.15) is 44.4 Å². The van der Waals surface area contributed by atoms with Gasteiger partial charge in [0.2, 0.25) is 0 Å². The average Bonchev–Trinajstić information content (AvgIpc) is 2.80. The lowest BCUT2D eigenvalue weighted by Gasteiger charge is -2.27. The molecule has 1 nitrogen and oxygen atoms in total. The van der Waals surface area contributed by atoms with E-state index >= 15 is 0 Å². The Bertz CT molecular complexity index is 527. The summed E-state index contributed by atoms with van der Waals surface area (Å²) in [7, 11) is 0. The number of benzene rings is 1. The third-order valence-corrected chi connectivity index (χ3v) is 4.75. The summed E-state index contributed by atoms with van der Waals surface area (Å²) in [6.45, 7) is 7.81. The molecule has 1 atom stereocenters. The molecule has 0 aliphatic carbocycles. The van der Waals surface area contributed by atoms with Crippen molar-refractivity contribution in [1.29, 1.82) is 0 Å². The topological polar surface area (TPSA) is 12.0 Å². The van der Waals surface area contributed by atoms with Crippen LogP contribution in [0.25, 0.3) is 0 Å².